The van der Waals surface area contributed by atoms with Crippen LogP contribution >= 0.6 is 0 Å². The zero-order chi connectivity index (χ0) is 23.2. The predicted molar refractivity (Wildman–Crippen MR) is 119 cm³/mol. The van der Waals surface area contributed by atoms with Crippen molar-refractivity contribution in [2.75, 3.05) is 6.54 Å². The van der Waals surface area contributed by atoms with E-state index >= 15 is 0 Å². The van der Waals surface area contributed by atoms with Crippen molar-refractivity contribution in [3.63, 3.8) is 0 Å². The molecule has 2 saturated heterocycles. The van der Waals surface area contributed by atoms with Gasteiger partial charge < -0.3 is 26.8 Å². The Labute approximate surface area is 194 Å². The number of hydrogen-bond donors (Lipinski definition) is 4. The second kappa shape index (κ2) is 7.14. The van der Waals surface area contributed by atoms with E-state index in [1.165, 1.54) is 0 Å². The number of carbonyl (C=O) groups is 2. The zero-order valence-corrected chi connectivity index (χ0v) is 19.2. The molecule has 5 aliphatic carbocycles. The molecule has 9 heteroatoms. The Morgan fingerprint density at radius 1 is 1.09 bits per heavy atom. The van der Waals surface area contributed by atoms with Crippen LogP contribution in [0.4, 0.5) is 0 Å². The summed E-state index contributed by atoms with van der Waals surface area (Å²) < 4.78 is 6.23. The van der Waals surface area contributed by atoms with E-state index < -0.39 is 29.3 Å². The molecule has 9 nitrogen and oxygen atoms in total. The van der Waals surface area contributed by atoms with Gasteiger partial charge in [0.15, 0.2) is 0 Å². The first kappa shape index (κ1) is 21.8. The fourth-order valence-corrected chi connectivity index (χ4v) is 8.59. The highest BCUT2D eigenvalue weighted by Crippen LogP contribution is 2.64. The van der Waals surface area contributed by atoms with Gasteiger partial charge in [-0.1, -0.05) is 0 Å². The van der Waals surface area contributed by atoms with Crippen LogP contribution in [0, 0.1) is 34.5 Å². The standard InChI is InChI=1S/C24H36N6O3/c25-11-16-5-15-6-17(15)30(16)20(31)18(26)22-7-13-4-14(8-22)10-23(9-13,12-22)33-21(32)19(27)24(28)2-1-3-29-24/h13-19,29H,1-10,12,26-28H2/t13?,14?,15-,16+,17+,18-,19+,22?,23?,24-/m1/s1. The van der Waals surface area contributed by atoms with Crippen molar-refractivity contribution in [1.82, 2.24) is 10.2 Å². The number of rotatable bonds is 5. The second-order valence-corrected chi connectivity index (χ2v) is 12.1. The average Bonchev–Trinajstić information content (AvgIpc) is 3.20. The SMILES string of the molecule is N#C[C@@H]1C[C@@H]2C[C@@H]2N1C(=O)[C@@H](N)C12CC3CC(CC(OC(=O)[C@H](N)[C@@]4(N)CCCN4)(C3)C1)C2. The van der Waals surface area contributed by atoms with E-state index in [0.29, 0.717) is 30.6 Å². The van der Waals surface area contributed by atoms with Gasteiger partial charge in [-0.05, 0) is 93.9 Å². The first-order valence-electron chi connectivity index (χ1n) is 12.7. The first-order valence-corrected chi connectivity index (χ1v) is 12.7. The van der Waals surface area contributed by atoms with Gasteiger partial charge in [0.05, 0.1) is 17.8 Å². The molecule has 0 spiro atoms. The van der Waals surface area contributed by atoms with Crippen LogP contribution in [0.1, 0.15) is 64.2 Å². The number of hydrogen-bond acceptors (Lipinski definition) is 8. The molecule has 0 aromatic carbocycles. The van der Waals surface area contributed by atoms with Crippen molar-refractivity contribution in [2.45, 2.75) is 99.6 Å². The van der Waals surface area contributed by atoms with Gasteiger partial charge in [-0.3, -0.25) is 14.9 Å². The van der Waals surface area contributed by atoms with Crippen LogP contribution in [-0.2, 0) is 14.3 Å². The lowest BCUT2D eigenvalue weighted by atomic mass is 9.46. The summed E-state index contributed by atoms with van der Waals surface area (Å²) in [6.45, 7) is 0.745. The van der Waals surface area contributed by atoms with Gasteiger partial charge in [0.1, 0.15) is 17.7 Å². The van der Waals surface area contributed by atoms with Crippen LogP contribution in [0.2, 0.25) is 0 Å². The average molecular weight is 457 g/mol. The number of carbonyl (C=O) groups excluding carboxylic acids is 2. The fourth-order valence-electron chi connectivity index (χ4n) is 8.59. The summed E-state index contributed by atoms with van der Waals surface area (Å²) in [6.07, 6.45) is 8.39. The summed E-state index contributed by atoms with van der Waals surface area (Å²) in [6, 6.07) is 0.552. The Hall–Kier alpha value is -1.73. The van der Waals surface area contributed by atoms with Crippen LogP contribution < -0.4 is 22.5 Å². The number of amides is 1. The number of likely N-dealkylation sites (tertiary alicyclic amines) is 1. The minimum absolute atomic E-state index is 0.0808. The lowest BCUT2D eigenvalue weighted by molar-refractivity contribution is -0.208. The molecule has 7 N–H and O–H groups in total. The van der Waals surface area contributed by atoms with E-state index in [0.717, 1.165) is 57.9 Å². The highest BCUT2D eigenvalue weighted by Gasteiger charge is 2.64. The lowest BCUT2D eigenvalue weighted by Gasteiger charge is -2.62. The Morgan fingerprint density at radius 2 is 1.82 bits per heavy atom. The summed E-state index contributed by atoms with van der Waals surface area (Å²) in [5.41, 5.74) is 17.5. The number of ether oxygens (including phenoxy) is 1. The number of nitrogens with two attached hydrogens (primary N) is 3. The maximum absolute atomic E-state index is 13.6. The van der Waals surface area contributed by atoms with Crippen molar-refractivity contribution >= 4 is 11.9 Å². The molecule has 0 radical (unpaired) electrons. The molecule has 33 heavy (non-hydrogen) atoms. The van der Waals surface area contributed by atoms with Crippen molar-refractivity contribution < 1.29 is 14.3 Å². The third-order valence-electron chi connectivity index (χ3n) is 9.83. The molecular weight excluding hydrogens is 420 g/mol. The molecule has 2 unspecified atom stereocenters. The highest BCUT2D eigenvalue weighted by atomic mass is 16.6. The van der Waals surface area contributed by atoms with E-state index in [-0.39, 0.29) is 23.4 Å². The van der Waals surface area contributed by atoms with E-state index in [4.69, 9.17) is 21.9 Å². The number of nitrogens with zero attached hydrogens (tertiary/aromatic N) is 2. The van der Waals surface area contributed by atoms with Gasteiger partial charge in [0.25, 0.3) is 0 Å². The van der Waals surface area contributed by atoms with E-state index in [2.05, 4.69) is 11.4 Å². The molecule has 7 aliphatic rings. The fraction of sp³-hybridized carbons (Fsp3) is 0.875. The third kappa shape index (κ3) is 3.25. The lowest BCUT2D eigenvalue weighted by Crippen LogP contribution is -2.68. The van der Waals surface area contributed by atoms with Gasteiger partial charge in [-0.25, -0.2) is 0 Å². The van der Waals surface area contributed by atoms with Crippen molar-refractivity contribution in [1.29, 1.82) is 5.26 Å². The summed E-state index contributed by atoms with van der Waals surface area (Å²) in [5, 5.41) is 12.7. The second-order valence-electron chi connectivity index (χ2n) is 12.1. The normalized spacial score (nSPS) is 48.8. The van der Waals surface area contributed by atoms with Gasteiger partial charge >= 0.3 is 5.97 Å². The molecule has 180 valence electrons. The molecule has 5 saturated carbocycles. The van der Waals surface area contributed by atoms with Crippen molar-refractivity contribution in [2.24, 2.45) is 40.4 Å². The monoisotopic (exact) mass is 456 g/mol. The van der Waals surface area contributed by atoms with Crippen LogP contribution in [-0.4, -0.2) is 58.8 Å². The Balaban J connectivity index is 1.22. The molecule has 8 atom stereocenters. The largest absolute Gasteiger partial charge is 0.458 e. The number of fused-ring (bicyclic) bond motifs is 1. The van der Waals surface area contributed by atoms with Crippen molar-refractivity contribution in [3.05, 3.63) is 0 Å². The molecule has 7 rings (SSSR count). The summed E-state index contributed by atoms with van der Waals surface area (Å²) in [5.74, 6) is 0.717. The molecule has 7 fully saturated rings. The summed E-state index contributed by atoms with van der Waals surface area (Å²) >= 11 is 0. The van der Waals surface area contributed by atoms with Gasteiger partial charge in [-0.15, -0.1) is 0 Å². The maximum atomic E-state index is 13.6. The maximum Gasteiger partial charge on any atom is 0.326 e. The topological polar surface area (TPSA) is 160 Å². The summed E-state index contributed by atoms with van der Waals surface area (Å²) in [4.78, 5) is 28.6. The first-order chi connectivity index (χ1) is 15.7. The molecule has 1 amide bonds. The van der Waals surface area contributed by atoms with Gasteiger partial charge in [-0.2, -0.15) is 5.26 Å². The molecule has 2 aliphatic heterocycles. The van der Waals surface area contributed by atoms with Crippen LogP contribution in [0.15, 0.2) is 0 Å². The third-order valence-corrected chi connectivity index (χ3v) is 9.83. The van der Waals surface area contributed by atoms with Gasteiger partial charge in [0.2, 0.25) is 5.91 Å². The molecule has 2 heterocycles. The van der Waals surface area contributed by atoms with E-state index in [1.54, 1.807) is 4.90 Å². The zero-order valence-electron chi connectivity index (χ0n) is 19.2. The highest BCUT2D eigenvalue weighted by molar-refractivity contribution is 5.84. The van der Waals surface area contributed by atoms with Gasteiger partial charge in [0, 0.05) is 6.04 Å². The molecule has 4 bridgehead atoms. The molecule has 0 aromatic rings. The number of nitriles is 1. The van der Waals surface area contributed by atoms with E-state index in [9.17, 15) is 14.9 Å². The van der Waals surface area contributed by atoms with E-state index in [1.807, 2.05) is 0 Å². The number of piperidine rings is 1. The predicted octanol–water partition coefficient (Wildman–Crippen LogP) is 0.0746. The minimum atomic E-state index is -0.924. The minimum Gasteiger partial charge on any atom is -0.458 e. The molecular formula is C24H36N6O3. The summed E-state index contributed by atoms with van der Waals surface area (Å²) in [7, 11) is 0. The quantitative estimate of drug-likeness (QED) is 0.423. The van der Waals surface area contributed by atoms with Crippen LogP contribution in [0.5, 0.6) is 0 Å². The smallest absolute Gasteiger partial charge is 0.326 e. The number of nitrogens with one attached hydrogen (secondary N) is 1. The van der Waals surface area contributed by atoms with Crippen molar-refractivity contribution in [3.8, 4) is 6.07 Å². The molecule has 0 aromatic heterocycles. The van der Waals surface area contributed by atoms with Crippen LogP contribution in [0.25, 0.3) is 0 Å². The Bertz CT molecular complexity index is 896. The number of esters is 1. The Kier molecular flexibility index (Phi) is 4.71. The Morgan fingerprint density at radius 3 is 2.45 bits per heavy atom. The van der Waals surface area contributed by atoms with Crippen LogP contribution in [0.3, 0.4) is 0 Å².